The van der Waals surface area contributed by atoms with Gasteiger partial charge in [-0.3, -0.25) is 9.48 Å². The maximum absolute atomic E-state index is 14.9. The third kappa shape index (κ3) is 5.80. The first-order valence-electron chi connectivity index (χ1n) is 13.6. The number of ether oxygens (including phenoxy) is 2. The molecule has 10 nitrogen and oxygen atoms in total. The van der Waals surface area contributed by atoms with E-state index >= 15 is 0 Å². The Kier molecular flexibility index (Phi) is 7.38. The largest absolute Gasteiger partial charge is 0.586 e. The first-order chi connectivity index (χ1) is 22.0. The van der Waals surface area contributed by atoms with E-state index in [9.17, 15) is 35.2 Å². The first-order valence-corrected chi connectivity index (χ1v) is 15.5. The average molecular weight is 675 g/mol. The summed E-state index contributed by atoms with van der Waals surface area (Å²) in [5, 5.41) is 5.78. The van der Waals surface area contributed by atoms with E-state index in [-0.39, 0.29) is 61.7 Å². The molecule has 1 amide bonds. The van der Waals surface area contributed by atoms with Crippen LogP contribution in [0.25, 0.3) is 45.0 Å². The van der Waals surface area contributed by atoms with Crippen LogP contribution in [0, 0.1) is 12.7 Å². The zero-order chi connectivity index (χ0) is 34.1. The minimum Gasteiger partial charge on any atom is -0.440 e. The molecule has 0 fully saturated rings. The van der Waals surface area contributed by atoms with Gasteiger partial charge in [-0.1, -0.05) is 12.1 Å². The molecule has 2 aromatic heterocycles. The number of rotatable bonds is 7. The predicted octanol–water partition coefficient (Wildman–Crippen LogP) is 6.09. The summed E-state index contributed by atoms with van der Waals surface area (Å²) < 4.78 is 113. The number of carbonyl (C=O) groups excluding carboxylic acids is 1. The normalized spacial score (nSPS) is 14.0. The molecule has 0 saturated heterocycles. The molecule has 0 saturated carbocycles. The average Bonchev–Trinajstić information content (AvgIpc) is 3.68. The van der Waals surface area contributed by atoms with Crippen molar-refractivity contribution in [2.24, 2.45) is 7.05 Å². The van der Waals surface area contributed by atoms with Crippen LogP contribution in [-0.2, 0) is 27.6 Å². The molecule has 16 heteroatoms. The molecule has 1 aliphatic heterocycles. The minimum atomic E-state index is -3.99. The molecular weight excluding hydrogens is 651 g/mol. The third-order valence-corrected chi connectivity index (χ3v) is 8.39. The Bertz CT molecular complexity index is 2200. The Balaban J connectivity index is 1.58. The summed E-state index contributed by atoms with van der Waals surface area (Å²) in [7, 11) is -1.37. The van der Waals surface area contributed by atoms with Gasteiger partial charge < -0.3 is 19.2 Å². The Labute approximate surface area is 263 Å². The summed E-state index contributed by atoms with van der Waals surface area (Å²) in [6, 6.07) is 12.7. The molecule has 0 unspecified atom stereocenters. The lowest BCUT2D eigenvalue weighted by Gasteiger charge is -2.13. The van der Waals surface area contributed by atoms with Gasteiger partial charge >= 0.3 is 12.2 Å². The van der Waals surface area contributed by atoms with Crippen LogP contribution in [0.4, 0.5) is 22.0 Å². The number of sulfone groups is 1. The highest BCUT2D eigenvalue weighted by molar-refractivity contribution is 7.90. The van der Waals surface area contributed by atoms with Gasteiger partial charge in [0, 0.05) is 44.0 Å². The van der Waals surface area contributed by atoms with Crippen LogP contribution in [0.2, 0.25) is 0 Å². The van der Waals surface area contributed by atoms with Gasteiger partial charge in [0.25, 0.3) is 5.91 Å². The molecule has 0 radical (unpaired) electrons. The second-order valence-corrected chi connectivity index (χ2v) is 12.7. The Hall–Kier alpha value is -5.25. The number of hydrogen-bond acceptors (Lipinski definition) is 8. The molecule has 0 bridgehead atoms. The van der Waals surface area contributed by atoms with Crippen molar-refractivity contribution in [2.75, 3.05) is 13.3 Å². The van der Waals surface area contributed by atoms with Gasteiger partial charge in [0.15, 0.2) is 33.0 Å². The van der Waals surface area contributed by atoms with Crippen LogP contribution in [0.5, 0.6) is 11.5 Å². The SMILES string of the molecule is CNC(=O)C(F)(F)c1cc(-c2ccc(-c3cc(F)cc(S(C)(=O)=O)c3)cc2-c2oc(C)nc2-c2ccc3c(c2)OC(F)(F)O3)n(C)n1. The number of benzene rings is 3. The van der Waals surface area contributed by atoms with Crippen LogP contribution in [0.3, 0.4) is 0 Å². The van der Waals surface area contributed by atoms with E-state index in [0.29, 0.717) is 5.56 Å². The summed E-state index contributed by atoms with van der Waals surface area (Å²) in [6.07, 6.45) is -2.95. The highest BCUT2D eigenvalue weighted by Gasteiger charge is 2.44. The van der Waals surface area contributed by atoms with E-state index in [2.05, 4.69) is 19.6 Å². The van der Waals surface area contributed by atoms with E-state index in [1.807, 2.05) is 5.32 Å². The van der Waals surface area contributed by atoms with E-state index in [1.165, 1.54) is 56.4 Å². The number of halogens is 5. The molecule has 3 heterocycles. The Morgan fingerprint density at radius 3 is 2.34 bits per heavy atom. The van der Waals surface area contributed by atoms with Crippen LogP contribution < -0.4 is 14.8 Å². The van der Waals surface area contributed by atoms with Crippen LogP contribution in [0.15, 0.2) is 70.0 Å². The second kappa shape index (κ2) is 10.9. The number of likely N-dealkylation sites (N-methyl/N-ethyl adjacent to an activating group) is 1. The standard InChI is InChI=1S/C31H23F5N4O6S/c1-15-38-27(17-6-8-24-25(12-17)46-31(35,36)45-24)28(44-15)22-11-16(18-9-19(32)13-20(10-18)47(4,42)43)5-7-21(22)23-14-26(39-40(23)3)30(33,34)29(41)37-2/h5-14H,1-4H3,(H,37,41). The molecule has 47 heavy (non-hydrogen) atoms. The van der Waals surface area contributed by atoms with Crippen molar-refractivity contribution < 1.29 is 49.1 Å². The molecule has 244 valence electrons. The number of nitrogens with zero attached hydrogens (tertiary/aromatic N) is 3. The Morgan fingerprint density at radius 1 is 0.936 bits per heavy atom. The third-order valence-electron chi connectivity index (χ3n) is 7.30. The number of fused-ring (bicyclic) bond motifs is 1. The molecule has 0 spiro atoms. The summed E-state index contributed by atoms with van der Waals surface area (Å²) in [5.41, 5.74) is 0.558. The monoisotopic (exact) mass is 674 g/mol. The van der Waals surface area contributed by atoms with Crippen LogP contribution in [-0.4, -0.2) is 48.7 Å². The van der Waals surface area contributed by atoms with Crippen LogP contribution >= 0.6 is 0 Å². The molecule has 0 aliphatic carbocycles. The van der Waals surface area contributed by atoms with Gasteiger partial charge in [-0.15, -0.1) is 8.78 Å². The smallest absolute Gasteiger partial charge is 0.440 e. The number of hydrogen-bond donors (Lipinski definition) is 1. The fourth-order valence-electron chi connectivity index (χ4n) is 5.13. The van der Waals surface area contributed by atoms with E-state index < -0.39 is 39.5 Å². The van der Waals surface area contributed by atoms with E-state index in [4.69, 9.17) is 4.42 Å². The van der Waals surface area contributed by atoms with Crippen molar-refractivity contribution in [3.8, 4) is 56.5 Å². The van der Waals surface area contributed by atoms with Crippen molar-refractivity contribution in [3.63, 3.8) is 0 Å². The van der Waals surface area contributed by atoms with Gasteiger partial charge in [0.2, 0.25) is 0 Å². The van der Waals surface area contributed by atoms with Crippen LogP contribution in [0.1, 0.15) is 11.6 Å². The molecule has 1 aliphatic rings. The van der Waals surface area contributed by atoms with E-state index in [0.717, 1.165) is 36.2 Å². The molecule has 1 N–H and O–H groups in total. The van der Waals surface area contributed by atoms with Gasteiger partial charge in [0.1, 0.15) is 17.2 Å². The lowest BCUT2D eigenvalue weighted by Crippen LogP contribution is -2.36. The highest BCUT2D eigenvalue weighted by Crippen LogP contribution is 2.46. The predicted molar refractivity (Wildman–Crippen MR) is 157 cm³/mol. The summed E-state index contributed by atoms with van der Waals surface area (Å²) in [4.78, 5) is 16.1. The lowest BCUT2D eigenvalue weighted by atomic mass is 9.94. The Morgan fingerprint density at radius 2 is 1.64 bits per heavy atom. The van der Waals surface area contributed by atoms with Gasteiger partial charge in [-0.05, 0) is 59.7 Å². The van der Waals surface area contributed by atoms with Crippen molar-refractivity contribution in [1.82, 2.24) is 20.1 Å². The molecular formula is C31H23F5N4O6S. The highest BCUT2D eigenvalue weighted by atomic mass is 32.2. The number of oxazole rings is 1. The number of aryl methyl sites for hydroxylation is 2. The fraction of sp³-hybridized carbons (Fsp3) is 0.194. The number of amides is 1. The van der Waals surface area contributed by atoms with E-state index in [1.54, 1.807) is 0 Å². The second-order valence-electron chi connectivity index (χ2n) is 10.6. The lowest BCUT2D eigenvalue weighted by molar-refractivity contribution is -0.286. The minimum absolute atomic E-state index is 0.0468. The molecule has 3 aromatic carbocycles. The quantitative estimate of drug-likeness (QED) is 0.206. The molecule has 0 atom stereocenters. The van der Waals surface area contributed by atoms with Crippen molar-refractivity contribution in [3.05, 3.63) is 78.1 Å². The summed E-state index contributed by atoms with van der Waals surface area (Å²) in [6.45, 7) is 1.52. The zero-order valence-corrected chi connectivity index (χ0v) is 25.7. The van der Waals surface area contributed by atoms with Gasteiger partial charge in [0.05, 0.1) is 10.6 Å². The maximum Gasteiger partial charge on any atom is 0.586 e. The molecule has 5 aromatic rings. The van der Waals surface area contributed by atoms with Gasteiger partial charge in [-0.2, -0.15) is 13.9 Å². The number of nitrogens with one attached hydrogen (secondary N) is 1. The topological polar surface area (TPSA) is 126 Å². The summed E-state index contributed by atoms with van der Waals surface area (Å²) >= 11 is 0. The number of aromatic nitrogens is 3. The van der Waals surface area contributed by atoms with Crippen molar-refractivity contribution >= 4 is 15.7 Å². The fourth-order valence-corrected chi connectivity index (χ4v) is 5.79. The maximum atomic E-state index is 14.9. The zero-order valence-electron chi connectivity index (χ0n) is 24.9. The first kappa shape index (κ1) is 31.7. The van der Waals surface area contributed by atoms with Gasteiger partial charge in [-0.25, -0.2) is 17.8 Å². The van der Waals surface area contributed by atoms with Crippen molar-refractivity contribution in [2.45, 2.75) is 24.0 Å². The number of carbonyl (C=O) groups is 1. The summed E-state index contributed by atoms with van der Waals surface area (Å²) in [5.74, 6) is -6.69. The van der Waals surface area contributed by atoms with Crippen molar-refractivity contribution in [1.29, 1.82) is 0 Å². The molecule has 6 rings (SSSR count). The number of alkyl halides is 4.